The number of ether oxygens (including phenoxy) is 1. The van der Waals surface area contributed by atoms with E-state index in [-0.39, 0.29) is 16.7 Å². The third-order valence-electron chi connectivity index (χ3n) is 6.90. The fourth-order valence-electron chi connectivity index (χ4n) is 4.69. The Morgan fingerprint density at radius 1 is 1.09 bits per heavy atom. The average molecular weight is 496 g/mol. The maximum absolute atomic E-state index is 13.3. The third-order valence-corrected chi connectivity index (χ3v) is 8.82. The van der Waals surface area contributed by atoms with Gasteiger partial charge in [0.1, 0.15) is 12.4 Å². The van der Waals surface area contributed by atoms with Crippen LogP contribution in [0.15, 0.2) is 65.7 Å². The number of hydrogen-bond acceptors (Lipinski definition) is 7. The summed E-state index contributed by atoms with van der Waals surface area (Å²) in [6.07, 6.45) is 3.98. The number of carbonyl (C=O) groups excluding carboxylic acids is 1. The normalized spacial score (nSPS) is 17.7. The molecule has 8 nitrogen and oxygen atoms in total. The van der Waals surface area contributed by atoms with Gasteiger partial charge in [-0.2, -0.15) is 0 Å². The van der Waals surface area contributed by atoms with Crippen LogP contribution in [0.1, 0.15) is 31.2 Å². The summed E-state index contributed by atoms with van der Waals surface area (Å²) in [5.74, 6) is -0.254. The number of hydroxylamine groups is 2. The first kappa shape index (κ1) is 23.7. The van der Waals surface area contributed by atoms with E-state index in [4.69, 9.17) is 4.74 Å². The van der Waals surface area contributed by atoms with E-state index >= 15 is 0 Å². The molecule has 2 heterocycles. The fourth-order valence-corrected chi connectivity index (χ4v) is 6.54. The fraction of sp³-hybridized carbons (Fsp3) is 0.385. The van der Waals surface area contributed by atoms with Gasteiger partial charge in [-0.15, -0.1) is 0 Å². The number of piperidine rings is 1. The van der Waals surface area contributed by atoms with E-state index < -0.39 is 21.2 Å². The molecule has 3 aromatic rings. The lowest BCUT2D eigenvalue weighted by Crippen LogP contribution is -2.52. The number of nitrogens with zero attached hydrogens (tertiary/aromatic N) is 2. The number of amides is 1. The lowest BCUT2D eigenvalue weighted by Gasteiger charge is -2.37. The zero-order valence-electron chi connectivity index (χ0n) is 19.4. The summed E-state index contributed by atoms with van der Waals surface area (Å²) in [5.41, 5.74) is 0.751. The monoisotopic (exact) mass is 495 g/mol. The summed E-state index contributed by atoms with van der Waals surface area (Å²) in [5, 5.41) is 15.3. The summed E-state index contributed by atoms with van der Waals surface area (Å²) in [7, 11) is -3.77. The second kappa shape index (κ2) is 9.56. The van der Waals surface area contributed by atoms with Crippen LogP contribution in [0.5, 0.6) is 5.75 Å². The second-order valence-corrected chi connectivity index (χ2v) is 11.4. The molecule has 2 N–H and O–H groups in total. The molecule has 0 spiro atoms. The van der Waals surface area contributed by atoms with Gasteiger partial charge in [-0.25, -0.2) is 13.5 Å². The van der Waals surface area contributed by atoms with Crippen molar-refractivity contribution in [3.05, 3.63) is 66.4 Å². The van der Waals surface area contributed by atoms with Gasteiger partial charge in [0.05, 0.1) is 27.6 Å². The van der Waals surface area contributed by atoms with Gasteiger partial charge in [0.2, 0.25) is 0 Å². The summed E-state index contributed by atoms with van der Waals surface area (Å²) in [4.78, 5) is 17.6. The van der Waals surface area contributed by atoms with Gasteiger partial charge in [-0.1, -0.05) is 18.2 Å². The molecular weight excluding hydrogens is 466 g/mol. The number of aromatic nitrogens is 1. The topological polar surface area (TPSA) is 109 Å². The molecule has 0 atom stereocenters. The van der Waals surface area contributed by atoms with Crippen molar-refractivity contribution in [3.8, 4) is 5.75 Å². The number of sulfone groups is 1. The maximum atomic E-state index is 13.3. The maximum Gasteiger partial charge on any atom is 0.253 e. The highest BCUT2D eigenvalue weighted by Gasteiger charge is 2.48. The lowest BCUT2D eigenvalue weighted by atomic mass is 9.79. The zero-order chi connectivity index (χ0) is 24.5. The van der Waals surface area contributed by atoms with Gasteiger partial charge in [0.25, 0.3) is 5.91 Å². The van der Waals surface area contributed by atoms with Crippen LogP contribution in [0.4, 0.5) is 0 Å². The minimum Gasteiger partial charge on any atom is -0.489 e. The largest absolute Gasteiger partial charge is 0.489 e. The minimum atomic E-state index is -3.77. The van der Waals surface area contributed by atoms with E-state index in [0.29, 0.717) is 38.3 Å². The van der Waals surface area contributed by atoms with Crippen molar-refractivity contribution in [2.45, 2.75) is 43.2 Å². The molecule has 5 rings (SSSR count). The highest BCUT2D eigenvalue weighted by atomic mass is 32.2. The summed E-state index contributed by atoms with van der Waals surface area (Å²) in [6, 6.07) is 15.8. The number of pyridine rings is 1. The second-order valence-electron chi connectivity index (χ2n) is 9.42. The Labute approximate surface area is 204 Å². The van der Waals surface area contributed by atoms with Crippen molar-refractivity contribution in [1.29, 1.82) is 0 Å². The lowest BCUT2D eigenvalue weighted by molar-refractivity contribution is -0.180. The van der Waals surface area contributed by atoms with Crippen LogP contribution in [-0.2, 0) is 21.2 Å². The van der Waals surface area contributed by atoms with Crippen LogP contribution in [0.3, 0.4) is 0 Å². The molecule has 2 aliphatic rings. The molecule has 2 fully saturated rings. The van der Waals surface area contributed by atoms with Gasteiger partial charge in [-0.05, 0) is 75.2 Å². The molecule has 1 aliphatic carbocycles. The first-order valence-electron chi connectivity index (χ1n) is 11.9. The molecule has 1 amide bonds. The summed E-state index contributed by atoms with van der Waals surface area (Å²) < 4.78 is 32.6. The van der Waals surface area contributed by atoms with Gasteiger partial charge < -0.3 is 10.1 Å². The SMILES string of the molecule is O=C(N(O)C1CC1)C1(CS(=O)(=O)c2ccc(OCc3ccnc4ccccc34)cc2)CCNCC1. The molecule has 9 heteroatoms. The Kier molecular flexibility index (Phi) is 6.48. The van der Waals surface area contributed by atoms with Crippen LogP contribution in [-0.4, -0.2) is 54.5 Å². The van der Waals surface area contributed by atoms with Crippen LogP contribution in [0.2, 0.25) is 0 Å². The number of fused-ring (bicyclic) bond motifs is 1. The number of rotatable bonds is 8. The summed E-state index contributed by atoms with van der Waals surface area (Å²) >= 11 is 0. The van der Waals surface area contributed by atoms with Crippen molar-refractivity contribution >= 4 is 26.6 Å². The molecular formula is C26H29N3O5S. The smallest absolute Gasteiger partial charge is 0.253 e. The van der Waals surface area contributed by atoms with E-state index in [1.54, 1.807) is 18.3 Å². The Morgan fingerprint density at radius 3 is 2.51 bits per heavy atom. The van der Waals surface area contributed by atoms with Gasteiger partial charge in [-0.3, -0.25) is 15.0 Å². The Bertz CT molecular complexity index is 1310. The van der Waals surface area contributed by atoms with Crippen molar-refractivity contribution in [2.24, 2.45) is 5.41 Å². The van der Waals surface area contributed by atoms with Crippen molar-refractivity contribution < 1.29 is 23.2 Å². The number of hydrogen-bond donors (Lipinski definition) is 2. The van der Waals surface area contributed by atoms with Crippen LogP contribution >= 0.6 is 0 Å². The zero-order valence-corrected chi connectivity index (χ0v) is 20.2. The Balaban J connectivity index is 1.30. The van der Waals surface area contributed by atoms with Crippen LogP contribution < -0.4 is 10.1 Å². The highest BCUT2D eigenvalue weighted by Crippen LogP contribution is 2.38. The molecule has 184 valence electrons. The molecule has 1 saturated carbocycles. The number of para-hydroxylation sites is 1. The third kappa shape index (κ3) is 5.03. The van der Waals surface area contributed by atoms with E-state index in [2.05, 4.69) is 10.3 Å². The average Bonchev–Trinajstić information content (AvgIpc) is 3.73. The Morgan fingerprint density at radius 2 is 1.80 bits per heavy atom. The predicted molar refractivity (Wildman–Crippen MR) is 131 cm³/mol. The predicted octanol–water partition coefficient (Wildman–Crippen LogP) is 3.34. The number of carbonyl (C=O) groups is 1. The quantitative estimate of drug-likeness (QED) is 0.364. The first-order valence-corrected chi connectivity index (χ1v) is 13.5. The van der Waals surface area contributed by atoms with Gasteiger partial charge in [0.15, 0.2) is 9.84 Å². The molecule has 1 aliphatic heterocycles. The molecule has 2 aromatic carbocycles. The van der Waals surface area contributed by atoms with Gasteiger partial charge >= 0.3 is 0 Å². The van der Waals surface area contributed by atoms with E-state index in [1.165, 1.54) is 12.1 Å². The molecule has 35 heavy (non-hydrogen) atoms. The molecule has 0 bridgehead atoms. The van der Waals surface area contributed by atoms with Crippen molar-refractivity contribution in [3.63, 3.8) is 0 Å². The Hall–Kier alpha value is -3.01. The van der Waals surface area contributed by atoms with Crippen LogP contribution in [0.25, 0.3) is 10.9 Å². The number of benzene rings is 2. The molecule has 0 radical (unpaired) electrons. The standard InChI is InChI=1S/C26H29N3O5S/c30-25(29(31)20-5-6-20)26(12-15-27-16-13-26)18-35(32,33)22-9-7-21(8-10-22)34-17-19-11-14-28-24-4-2-1-3-23(19)24/h1-4,7-11,14,20,27,31H,5-6,12-13,15-18H2. The van der Waals surface area contributed by atoms with E-state index in [1.807, 2.05) is 30.3 Å². The molecule has 1 saturated heterocycles. The highest BCUT2D eigenvalue weighted by molar-refractivity contribution is 7.91. The van der Waals surface area contributed by atoms with Gasteiger partial charge in [0, 0.05) is 17.1 Å². The van der Waals surface area contributed by atoms with Crippen molar-refractivity contribution in [2.75, 3.05) is 18.8 Å². The molecule has 1 aromatic heterocycles. The van der Waals surface area contributed by atoms with Crippen molar-refractivity contribution in [1.82, 2.24) is 15.4 Å². The number of nitrogens with one attached hydrogen (secondary N) is 1. The minimum absolute atomic E-state index is 0.140. The van der Waals surface area contributed by atoms with E-state index in [9.17, 15) is 18.4 Å². The summed E-state index contributed by atoms with van der Waals surface area (Å²) in [6.45, 7) is 1.40. The van der Waals surface area contributed by atoms with Crippen LogP contribution in [0, 0.1) is 5.41 Å². The van der Waals surface area contributed by atoms with E-state index in [0.717, 1.165) is 34.4 Å². The first-order chi connectivity index (χ1) is 16.9. The molecule has 0 unspecified atom stereocenters.